The molecule has 0 aliphatic carbocycles. The summed E-state index contributed by atoms with van der Waals surface area (Å²) in [6.07, 6.45) is 7.08. The molecule has 0 radical (unpaired) electrons. The SMILES string of the molecule is CCC(CC)N(CCNC(=O)n1ccnc1)CC(C)C. The highest BCUT2D eigenvalue weighted by Gasteiger charge is 2.16. The molecule has 0 unspecified atom stereocenters. The Kier molecular flexibility index (Phi) is 7.30. The van der Waals surface area contributed by atoms with Crippen LogP contribution in [0.15, 0.2) is 18.7 Å². The van der Waals surface area contributed by atoms with Crippen molar-refractivity contribution in [3.05, 3.63) is 18.7 Å². The van der Waals surface area contributed by atoms with E-state index in [1.807, 2.05) is 0 Å². The van der Waals surface area contributed by atoms with Crippen LogP contribution < -0.4 is 5.32 Å². The van der Waals surface area contributed by atoms with Crippen LogP contribution in [-0.4, -0.2) is 46.2 Å². The molecule has 1 rings (SSSR count). The van der Waals surface area contributed by atoms with Crippen molar-refractivity contribution < 1.29 is 4.79 Å². The van der Waals surface area contributed by atoms with Crippen LogP contribution in [0.25, 0.3) is 0 Å². The summed E-state index contributed by atoms with van der Waals surface area (Å²) in [5.41, 5.74) is 0. The summed E-state index contributed by atoms with van der Waals surface area (Å²) in [7, 11) is 0. The maximum atomic E-state index is 11.8. The van der Waals surface area contributed by atoms with Crippen molar-refractivity contribution in [2.45, 2.75) is 46.6 Å². The lowest BCUT2D eigenvalue weighted by Gasteiger charge is -2.31. The summed E-state index contributed by atoms with van der Waals surface area (Å²) in [5, 5.41) is 2.93. The normalized spacial score (nSPS) is 11.6. The van der Waals surface area contributed by atoms with E-state index in [1.165, 1.54) is 10.9 Å². The summed E-state index contributed by atoms with van der Waals surface area (Å²) in [5.74, 6) is 0.639. The number of rotatable bonds is 8. The Bertz CT molecular complexity index is 371. The van der Waals surface area contributed by atoms with Gasteiger partial charge in [0.15, 0.2) is 0 Å². The van der Waals surface area contributed by atoms with E-state index in [4.69, 9.17) is 0 Å². The Morgan fingerprint density at radius 3 is 2.55 bits per heavy atom. The molecule has 0 atom stereocenters. The van der Waals surface area contributed by atoms with Crippen LogP contribution in [0.3, 0.4) is 0 Å². The molecule has 0 saturated carbocycles. The predicted molar refractivity (Wildman–Crippen MR) is 81.8 cm³/mol. The number of nitrogens with zero attached hydrogens (tertiary/aromatic N) is 3. The van der Waals surface area contributed by atoms with Crippen LogP contribution in [-0.2, 0) is 0 Å². The van der Waals surface area contributed by atoms with Crippen molar-refractivity contribution >= 4 is 6.03 Å². The third-order valence-corrected chi connectivity index (χ3v) is 3.47. The van der Waals surface area contributed by atoms with Crippen LogP contribution in [0.2, 0.25) is 0 Å². The topological polar surface area (TPSA) is 50.2 Å². The third-order valence-electron chi connectivity index (χ3n) is 3.47. The zero-order chi connectivity index (χ0) is 15.0. The summed E-state index contributed by atoms with van der Waals surface area (Å²) in [6.45, 7) is 11.6. The molecule has 1 aromatic rings. The Morgan fingerprint density at radius 2 is 2.05 bits per heavy atom. The number of imidazole rings is 1. The van der Waals surface area contributed by atoms with Gasteiger partial charge in [-0.05, 0) is 18.8 Å². The Morgan fingerprint density at radius 1 is 1.35 bits per heavy atom. The summed E-state index contributed by atoms with van der Waals surface area (Å²) < 4.78 is 1.46. The van der Waals surface area contributed by atoms with E-state index < -0.39 is 0 Å². The van der Waals surface area contributed by atoms with Gasteiger partial charge in [0, 0.05) is 38.1 Å². The molecule has 5 nitrogen and oxygen atoms in total. The molecule has 0 bridgehead atoms. The molecule has 0 spiro atoms. The molecule has 0 saturated heterocycles. The highest BCUT2D eigenvalue weighted by molar-refractivity contribution is 5.76. The second-order valence-corrected chi connectivity index (χ2v) is 5.56. The lowest BCUT2D eigenvalue weighted by Crippen LogP contribution is -2.43. The average molecular weight is 280 g/mol. The Balaban J connectivity index is 2.43. The predicted octanol–water partition coefficient (Wildman–Crippen LogP) is 2.59. The number of carbonyl (C=O) groups excluding carboxylic acids is 1. The van der Waals surface area contributed by atoms with Gasteiger partial charge in [-0.15, -0.1) is 0 Å². The van der Waals surface area contributed by atoms with Gasteiger partial charge in [-0.1, -0.05) is 27.7 Å². The molecule has 114 valence electrons. The van der Waals surface area contributed by atoms with Gasteiger partial charge in [0.25, 0.3) is 0 Å². The Labute approximate surface area is 122 Å². The van der Waals surface area contributed by atoms with E-state index in [1.54, 1.807) is 12.4 Å². The minimum atomic E-state index is -0.114. The number of hydrogen-bond acceptors (Lipinski definition) is 3. The van der Waals surface area contributed by atoms with Crippen molar-refractivity contribution in [2.75, 3.05) is 19.6 Å². The second-order valence-electron chi connectivity index (χ2n) is 5.56. The molecule has 1 aromatic heterocycles. The maximum Gasteiger partial charge on any atom is 0.326 e. The van der Waals surface area contributed by atoms with Crippen LogP contribution >= 0.6 is 0 Å². The van der Waals surface area contributed by atoms with Gasteiger partial charge in [-0.3, -0.25) is 9.47 Å². The summed E-state index contributed by atoms with van der Waals surface area (Å²) >= 11 is 0. The first-order chi connectivity index (χ1) is 9.58. The standard InChI is InChI=1S/C15H28N4O/c1-5-14(6-2)18(11-13(3)4)10-8-17-15(20)19-9-7-16-12-19/h7,9,12-14H,5-6,8,10-11H2,1-4H3,(H,17,20). The molecule has 1 amide bonds. The molecule has 0 fully saturated rings. The number of hydrogen-bond donors (Lipinski definition) is 1. The molecule has 0 aliphatic rings. The van der Waals surface area contributed by atoms with Crippen molar-refractivity contribution in [1.82, 2.24) is 19.8 Å². The van der Waals surface area contributed by atoms with E-state index in [0.717, 1.165) is 25.9 Å². The fourth-order valence-electron chi connectivity index (χ4n) is 2.47. The van der Waals surface area contributed by atoms with Crippen molar-refractivity contribution in [3.8, 4) is 0 Å². The van der Waals surface area contributed by atoms with Crippen LogP contribution in [0, 0.1) is 5.92 Å². The van der Waals surface area contributed by atoms with Gasteiger partial charge in [0.05, 0.1) is 0 Å². The average Bonchev–Trinajstić information content (AvgIpc) is 2.93. The van der Waals surface area contributed by atoms with Crippen molar-refractivity contribution in [1.29, 1.82) is 0 Å². The van der Waals surface area contributed by atoms with Gasteiger partial charge < -0.3 is 5.32 Å². The first kappa shape index (κ1) is 16.7. The van der Waals surface area contributed by atoms with Crippen LogP contribution in [0.5, 0.6) is 0 Å². The van der Waals surface area contributed by atoms with Crippen molar-refractivity contribution in [2.24, 2.45) is 5.92 Å². The summed E-state index contributed by atoms with van der Waals surface area (Å²) in [6, 6.07) is 0.485. The highest BCUT2D eigenvalue weighted by atomic mass is 16.2. The van der Waals surface area contributed by atoms with Gasteiger partial charge in [0.2, 0.25) is 0 Å². The molecule has 0 aliphatic heterocycles. The molecular weight excluding hydrogens is 252 g/mol. The molecule has 0 aromatic carbocycles. The monoisotopic (exact) mass is 280 g/mol. The minimum Gasteiger partial charge on any atom is -0.336 e. The van der Waals surface area contributed by atoms with E-state index >= 15 is 0 Å². The molecule has 5 heteroatoms. The first-order valence-corrected chi connectivity index (χ1v) is 7.58. The zero-order valence-corrected chi connectivity index (χ0v) is 13.2. The minimum absolute atomic E-state index is 0.114. The lowest BCUT2D eigenvalue weighted by molar-refractivity contribution is 0.166. The fourth-order valence-corrected chi connectivity index (χ4v) is 2.47. The maximum absolute atomic E-state index is 11.8. The number of carbonyl (C=O) groups is 1. The first-order valence-electron chi connectivity index (χ1n) is 7.58. The number of nitrogens with one attached hydrogen (secondary N) is 1. The van der Waals surface area contributed by atoms with Crippen LogP contribution in [0.1, 0.15) is 40.5 Å². The van der Waals surface area contributed by atoms with Gasteiger partial charge in [0.1, 0.15) is 6.33 Å². The molecule has 1 N–H and O–H groups in total. The van der Waals surface area contributed by atoms with E-state index in [9.17, 15) is 4.79 Å². The largest absolute Gasteiger partial charge is 0.336 e. The van der Waals surface area contributed by atoms with Gasteiger partial charge >= 0.3 is 6.03 Å². The zero-order valence-electron chi connectivity index (χ0n) is 13.2. The second kappa shape index (κ2) is 8.74. The summed E-state index contributed by atoms with van der Waals surface area (Å²) in [4.78, 5) is 18.2. The van der Waals surface area contributed by atoms with E-state index in [2.05, 4.69) is 42.9 Å². The Hall–Kier alpha value is -1.36. The lowest BCUT2D eigenvalue weighted by atomic mass is 10.1. The highest BCUT2D eigenvalue weighted by Crippen LogP contribution is 2.10. The fraction of sp³-hybridized carbons (Fsp3) is 0.733. The van der Waals surface area contributed by atoms with Crippen molar-refractivity contribution in [3.63, 3.8) is 0 Å². The quantitative estimate of drug-likeness (QED) is 0.796. The smallest absolute Gasteiger partial charge is 0.326 e. The molecule has 20 heavy (non-hydrogen) atoms. The molecule has 1 heterocycles. The van der Waals surface area contributed by atoms with E-state index in [-0.39, 0.29) is 6.03 Å². The van der Waals surface area contributed by atoms with Crippen LogP contribution in [0.4, 0.5) is 4.79 Å². The van der Waals surface area contributed by atoms with E-state index in [0.29, 0.717) is 18.5 Å². The number of aromatic nitrogens is 2. The molecular formula is C15H28N4O. The third kappa shape index (κ3) is 5.33. The van der Waals surface area contributed by atoms with Gasteiger partial charge in [-0.25, -0.2) is 9.78 Å². The van der Waals surface area contributed by atoms with Gasteiger partial charge in [-0.2, -0.15) is 0 Å². The number of amides is 1.